The Morgan fingerprint density at radius 1 is 1.03 bits per heavy atom. The summed E-state index contributed by atoms with van der Waals surface area (Å²) in [6.45, 7) is 7.09. The molecular weight excluding hydrogens is 378 g/mol. The second-order valence-corrected chi connectivity index (χ2v) is 7.50. The van der Waals surface area contributed by atoms with Gasteiger partial charge in [0.05, 0.1) is 24.7 Å². The van der Waals surface area contributed by atoms with Gasteiger partial charge in [0.15, 0.2) is 0 Å². The van der Waals surface area contributed by atoms with E-state index in [-0.39, 0.29) is 18.4 Å². The summed E-state index contributed by atoms with van der Waals surface area (Å²) in [5.41, 5.74) is 4.47. The molecule has 2 N–H and O–H groups in total. The monoisotopic (exact) mass is 405 g/mol. The molecule has 2 aromatic rings. The molecule has 0 atom stereocenters. The highest BCUT2D eigenvalue weighted by Crippen LogP contribution is 2.18. The van der Waals surface area contributed by atoms with Crippen molar-refractivity contribution < 1.29 is 9.59 Å². The van der Waals surface area contributed by atoms with Gasteiger partial charge in [-0.15, -0.1) is 0 Å². The molecule has 1 heterocycles. The van der Waals surface area contributed by atoms with Crippen molar-refractivity contribution in [3.8, 4) is 6.07 Å². The average molecular weight is 406 g/mol. The summed E-state index contributed by atoms with van der Waals surface area (Å²) < 4.78 is 0. The van der Waals surface area contributed by atoms with Gasteiger partial charge in [-0.2, -0.15) is 5.26 Å². The Balaban J connectivity index is 1.41. The number of rotatable bonds is 6. The first-order valence-corrected chi connectivity index (χ1v) is 10.1. The maximum atomic E-state index is 12.4. The van der Waals surface area contributed by atoms with Gasteiger partial charge in [-0.3, -0.25) is 14.5 Å². The molecule has 1 aliphatic rings. The van der Waals surface area contributed by atoms with Gasteiger partial charge >= 0.3 is 0 Å². The molecular formula is C23H27N5O2. The second-order valence-electron chi connectivity index (χ2n) is 7.50. The Bertz CT molecular complexity index is 941. The van der Waals surface area contributed by atoms with E-state index < -0.39 is 0 Å². The minimum absolute atomic E-state index is 0.0267. The van der Waals surface area contributed by atoms with E-state index in [1.54, 1.807) is 24.3 Å². The first kappa shape index (κ1) is 21.3. The van der Waals surface area contributed by atoms with E-state index in [0.717, 1.165) is 22.5 Å². The van der Waals surface area contributed by atoms with E-state index in [0.29, 0.717) is 38.3 Å². The molecule has 0 saturated carbocycles. The number of carbonyl (C=O) groups excluding carboxylic acids is 2. The van der Waals surface area contributed by atoms with Crippen LogP contribution in [0.4, 0.5) is 11.4 Å². The van der Waals surface area contributed by atoms with E-state index in [2.05, 4.69) is 21.6 Å². The van der Waals surface area contributed by atoms with Gasteiger partial charge in [-0.05, 0) is 55.3 Å². The number of anilines is 2. The molecule has 0 aromatic heterocycles. The van der Waals surface area contributed by atoms with Crippen molar-refractivity contribution >= 4 is 23.2 Å². The van der Waals surface area contributed by atoms with Crippen LogP contribution in [0.15, 0.2) is 42.5 Å². The van der Waals surface area contributed by atoms with Crippen LogP contribution in [0.3, 0.4) is 0 Å². The summed E-state index contributed by atoms with van der Waals surface area (Å²) in [7, 11) is 0. The number of amides is 2. The standard InChI is InChI=1S/C23H27N5O2/c1-17-4-3-5-21(18(17)2)26-22(29)16-27-10-12-28(13-11-27)23(30)15-25-20-8-6-19(14-24)7-9-20/h3-9,25H,10-13,15-16H2,1-2H3,(H,26,29). The molecule has 0 aliphatic carbocycles. The Morgan fingerprint density at radius 2 is 1.73 bits per heavy atom. The Hall–Kier alpha value is -3.37. The van der Waals surface area contributed by atoms with Crippen molar-refractivity contribution in [2.75, 3.05) is 49.9 Å². The Morgan fingerprint density at radius 3 is 2.40 bits per heavy atom. The zero-order valence-electron chi connectivity index (χ0n) is 17.4. The fourth-order valence-corrected chi connectivity index (χ4v) is 3.39. The van der Waals surface area contributed by atoms with Crippen LogP contribution < -0.4 is 10.6 Å². The van der Waals surface area contributed by atoms with E-state index in [1.807, 2.05) is 36.9 Å². The van der Waals surface area contributed by atoms with Crippen molar-refractivity contribution in [2.45, 2.75) is 13.8 Å². The predicted octanol–water partition coefficient (Wildman–Crippen LogP) is 2.37. The number of nitrogens with zero attached hydrogens (tertiary/aromatic N) is 3. The fraction of sp³-hybridized carbons (Fsp3) is 0.348. The molecule has 0 unspecified atom stereocenters. The van der Waals surface area contributed by atoms with Gasteiger partial charge in [-0.1, -0.05) is 12.1 Å². The first-order valence-electron chi connectivity index (χ1n) is 10.1. The number of nitrogens with one attached hydrogen (secondary N) is 2. The molecule has 2 amide bonds. The SMILES string of the molecule is Cc1cccc(NC(=O)CN2CCN(C(=O)CNc3ccc(C#N)cc3)CC2)c1C. The number of benzene rings is 2. The fourth-order valence-electron chi connectivity index (χ4n) is 3.39. The molecule has 7 heteroatoms. The largest absolute Gasteiger partial charge is 0.376 e. The lowest BCUT2D eigenvalue weighted by Gasteiger charge is -2.34. The maximum Gasteiger partial charge on any atom is 0.241 e. The lowest BCUT2D eigenvalue weighted by atomic mass is 10.1. The maximum absolute atomic E-state index is 12.4. The summed E-state index contributed by atoms with van der Waals surface area (Å²) >= 11 is 0. The normalized spacial score (nSPS) is 14.1. The predicted molar refractivity (Wildman–Crippen MR) is 117 cm³/mol. The summed E-state index contributed by atoms with van der Waals surface area (Å²) in [6, 6.07) is 15.0. The topological polar surface area (TPSA) is 88.5 Å². The molecule has 156 valence electrons. The van der Waals surface area contributed by atoms with Gasteiger partial charge in [0.2, 0.25) is 11.8 Å². The summed E-state index contributed by atoms with van der Waals surface area (Å²) in [4.78, 5) is 28.7. The van der Waals surface area contributed by atoms with E-state index in [9.17, 15) is 9.59 Å². The molecule has 0 radical (unpaired) electrons. The molecule has 2 aromatic carbocycles. The van der Waals surface area contributed by atoms with Crippen molar-refractivity contribution in [3.05, 3.63) is 59.2 Å². The van der Waals surface area contributed by atoms with E-state index in [1.165, 1.54) is 0 Å². The van der Waals surface area contributed by atoms with Crippen molar-refractivity contribution in [3.63, 3.8) is 0 Å². The van der Waals surface area contributed by atoms with Crippen LogP contribution in [0.25, 0.3) is 0 Å². The van der Waals surface area contributed by atoms with Gasteiger partial charge < -0.3 is 15.5 Å². The number of hydrogen-bond acceptors (Lipinski definition) is 5. The van der Waals surface area contributed by atoms with Gasteiger partial charge in [0.25, 0.3) is 0 Å². The molecule has 3 rings (SSSR count). The Labute approximate surface area is 177 Å². The van der Waals surface area contributed by atoms with Crippen LogP contribution in [-0.2, 0) is 9.59 Å². The van der Waals surface area contributed by atoms with E-state index >= 15 is 0 Å². The van der Waals surface area contributed by atoms with Crippen LogP contribution in [0, 0.1) is 25.2 Å². The lowest BCUT2D eigenvalue weighted by molar-refractivity contribution is -0.131. The molecule has 7 nitrogen and oxygen atoms in total. The Kier molecular flexibility index (Phi) is 7.04. The molecule has 1 saturated heterocycles. The van der Waals surface area contributed by atoms with Crippen molar-refractivity contribution in [1.82, 2.24) is 9.80 Å². The van der Waals surface area contributed by atoms with E-state index in [4.69, 9.17) is 5.26 Å². The summed E-state index contributed by atoms with van der Waals surface area (Å²) in [5.74, 6) is -0.00944. The third kappa shape index (κ3) is 5.58. The average Bonchev–Trinajstić information content (AvgIpc) is 2.76. The van der Waals surface area contributed by atoms with Gasteiger partial charge in [-0.25, -0.2) is 0 Å². The zero-order chi connectivity index (χ0) is 21.5. The third-order valence-electron chi connectivity index (χ3n) is 5.43. The van der Waals surface area contributed by atoms with Crippen LogP contribution in [0.1, 0.15) is 16.7 Å². The first-order chi connectivity index (χ1) is 14.5. The van der Waals surface area contributed by atoms with Crippen molar-refractivity contribution in [2.24, 2.45) is 0 Å². The highest BCUT2D eigenvalue weighted by molar-refractivity contribution is 5.93. The minimum Gasteiger partial charge on any atom is -0.376 e. The van der Waals surface area contributed by atoms with Crippen LogP contribution in [0.2, 0.25) is 0 Å². The van der Waals surface area contributed by atoms with Gasteiger partial charge in [0, 0.05) is 37.6 Å². The highest BCUT2D eigenvalue weighted by Gasteiger charge is 2.22. The van der Waals surface area contributed by atoms with Crippen LogP contribution >= 0.6 is 0 Å². The molecule has 0 bridgehead atoms. The third-order valence-corrected chi connectivity index (χ3v) is 5.43. The molecule has 0 spiro atoms. The van der Waals surface area contributed by atoms with Crippen LogP contribution in [-0.4, -0.2) is 60.9 Å². The van der Waals surface area contributed by atoms with Gasteiger partial charge in [0.1, 0.15) is 0 Å². The number of hydrogen-bond donors (Lipinski definition) is 2. The van der Waals surface area contributed by atoms with Crippen molar-refractivity contribution in [1.29, 1.82) is 5.26 Å². The molecule has 1 aliphatic heterocycles. The number of aryl methyl sites for hydroxylation is 1. The number of carbonyl (C=O) groups is 2. The number of nitriles is 1. The second kappa shape index (κ2) is 9.90. The summed E-state index contributed by atoms with van der Waals surface area (Å²) in [6.07, 6.45) is 0. The van der Waals surface area contributed by atoms with Crippen LogP contribution in [0.5, 0.6) is 0 Å². The molecule has 30 heavy (non-hydrogen) atoms. The lowest BCUT2D eigenvalue weighted by Crippen LogP contribution is -2.51. The summed E-state index contributed by atoms with van der Waals surface area (Å²) in [5, 5.41) is 14.9. The highest BCUT2D eigenvalue weighted by atomic mass is 16.2. The quantitative estimate of drug-likeness (QED) is 0.770. The smallest absolute Gasteiger partial charge is 0.241 e. The number of piperazine rings is 1. The zero-order valence-corrected chi connectivity index (χ0v) is 17.4. The molecule has 1 fully saturated rings. The minimum atomic E-state index is -0.0361.